The molecular weight excluding hydrogens is 685 g/mol. The molecule has 0 spiro atoms. The van der Waals surface area contributed by atoms with Crippen LogP contribution in [0, 0.1) is 0 Å². The number of aliphatic imine (C=N–C) groups is 1. The van der Waals surface area contributed by atoms with Gasteiger partial charge in [-0.25, -0.2) is 4.98 Å². The van der Waals surface area contributed by atoms with Crippen LogP contribution >= 0.6 is 0 Å². The zero-order valence-corrected chi connectivity index (χ0v) is 30.5. The maximum Gasteiger partial charge on any atom is 0.187 e. The highest BCUT2D eigenvalue weighted by Crippen LogP contribution is 2.57. The molecule has 3 aliphatic rings. The third-order valence-electron chi connectivity index (χ3n) is 11.3. The molecule has 3 aliphatic heterocycles. The minimum absolute atomic E-state index is 0.0421. The van der Waals surface area contributed by atoms with Crippen molar-refractivity contribution in [3.05, 3.63) is 222 Å². The van der Waals surface area contributed by atoms with E-state index in [1.54, 1.807) is 0 Å². The molecule has 8 aromatic rings. The number of nitrogens with zero attached hydrogens (tertiary/aromatic N) is 3. The fourth-order valence-corrected chi connectivity index (χ4v) is 8.60. The van der Waals surface area contributed by atoms with Crippen molar-refractivity contribution >= 4 is 33.8 Å². The number of benzene rings is 7. The lowest BCUT2D eigenvalue weighted by molar-refractivity contribution is 0.234. The predicted octanol–water partition coefficient (Wildman–Crippen LogP) is 11.7. The minimum atomic E-state index is -0.233. The van der Waals surface area contributed by atoms with E-state index < -0.39 is 0 Å². The van der Waals surface area contributed by atoms with Gasteiger partial charge >= 0.3 is 0 Å². The van der Waals surface area contributed by atoms with Gasteiger partial charge in [0, 0.05) is 39.1 Å². The largest absolute Gasteiger partial charge is 0.467 e. The van der Waals surface area contributed by atoms with E-state index in [2.05, 4.69) is 186 Å². The van der Waals surface area contributed by atoms with Gasteiger partial charge in [-0.3, -0.25) is 4.99 Å². The minimum Gasteiger partial charge on any atom is -0.467 e. The van der Waals surface area contributed by atoms with Crippen molar-refractivity contribution in [1.29, 1.82) is 0 Å². The van der Waals surface area contributed by atoms with E-state index in [0.29, 0.717) is 0 Å². The maximum atomic E-state index is 7.08. The summed E-state index contributed by atoms with van der Waals surface area (Å²) in [6.45, 7) is 0. The monoisotopic (exact) mass is 720 g/mol. The van der Waals surface area contributed by atoms with Crippen LogP contribution in [0.4, 0.5) is 11.4 Å². The van der Waals surface area contributed by atoms with Crippen LogP contribution in [-0.4, -0.2) is 17.0 Å². The molecule has 4 heterocycles. The Morgan fingerprint density at radius 2 is 1.14 bits per heavy atom. The molecule has 0 radical (unpaired) electrons. The first-order chi connectivity index (χ1) is 27.8. The zero-order valence-electron chi connectivity index (χ0n) is 30.5. The highest BCUT2D eigenvalue weighted by atomic mass is 16.5. The second kappa shape index (κ2) is 13.3. The van der Waals surface area contributed by atoms with Crippen LogP contribution in [-0.2, 0) is 0 Å². The van der Waals surface area contributed by atoms with Gasteiger partial charge in [0.2, 0.25) is 0 Å². The first kappa shape index (κ1) is 32.2. The van der Waals surface area contributed by atoms with Gasteiger partial charge in [-0.05, 0) is 58.2 Å². The Labute approximate surface area is 325 Å². The Morgan fingerprint density at radius 3 is 1.89 bits per heavy atom. The van der Waals surface area contributed by atoms with Crippen molar-refractivity contribution in [2.24, 2.45) is 4.99 Å². The molecule has 1 aromatic heterocycles. The molecule has 0 aliphatic carbocycles. The van der Waals surface area contributed by atoms with Crippen molar-refractivity contribution in [2.75, 3.05) is 4.90 Å². The summed E-state index contributed by atoms with van der Waals surface area (Å²) in [6.07, 6.45) is 1.99. The number of hydrogen-bond donors (Lipinski definition) is 1. The molecule has 1 N–H and O–H groups in total. The number of pyridine rings is 1. The van der Waals surface area contributed by atoms with E-state index in [4.69, 9.17) is 14.7 Å². The predicted molar refractivity (Wildman–Crippen MR) is 227 cm³/mol. The van der Waals surface area contributed by atoms with Gasteiger partial charge in [-0.2, -0.15) is 0 Å². The summed E-state index contributed by atoms with van der Waals surface area (Å²) < 4.78 is 7.08. The lowest BCUT2D eigenvalue weighted by atomic mass is 9.89. The van der Waals surface area contributed by atoms with E-state index in [1.165, 1.54) is 16.8 Å². The lowest BCUT2D eigenvalue weighted by Gasteiger charge is -2.27. The number of fused-ring (bicyclic) bond motifs is 7. The summed E-state index contributed by atoms with van der Waals surface area (Å²) in [6, 6.07) is 66.0. The molecular formula is C51H36N4O. The molecule has 3 atom stereocenters. The first-order valence-corrected chi connectivity index (χ1v) is 19.2. The molecule has 266 valence electrons. The number of aromatic nitrogens is 1. The van der Waals surface area contributed by atoms with Gasteiger partial charge in [0.1, 0.15) is 11.5 Å². The SMILES string of the molecule is C1=C(c2ccc(-c3ccc(N4c5ccccc5C5c6c(c(-c7ccccc7)nc7ccccc67)OC54)cc3)cc2)NC(c2ccccc2)=NC1c1ccccc1. The Morgan fingerprint density at radius 1 is 0.536 bits per heavy atom. The standard InChI is InChI=1S/C51H36N4O/c1-4-14-35(15-5-1)43-32-44(54-50(53-43)38-18-8-3-9-19-38)36-26-24-33(25-27-36)34-28-30-39(31-29-34)55-45-23-13-11-21-41(45)47-46-40-20-10-12-22-42(40)52-48(49(46)56-51(47)55)37-16-6-2-7-17-37/h1-32,43,47,51H,(H,53,54). The molecule has 0 fully saturated rings. The van der Waals surface area contributed by atoms with Crippen molar-refractivity contribution in [3.8, 4) is 28.1 Å². The summed E-state index contributed by atoms with van der Waals surface area (Å²) in [4.78, 5) is 12.6. The van der Waals surface area contributed by atoms with E-state index in [0.717, 1.165) is 72.9 Å². The highest BCUT2D eigenvalue weighted by Gasteiger charge is 2.49. The smallest absolute Gasteiger partial charge is 0.187 e. The highest BCUT2D eigenvalue weighted by molar-refractivity contribution is 6.05. The average Bonchev–Trinajstić information content (AvgIpc) is 3.82. The molecule has 0 saturated carbocycles. The average molecular weight is 721 g/mol. The number of rotatable bonds is 6. The van der Waals surface area contributed by atoms with Gasteiger partial charge in [0.05, 0.1) is 17.5 Å². The maximum absolute atomic E-state index is 7.08. The number of para-hydroxylation sites is 2. The quantitative estimate of drug-likeness (QED) is 0.186. The molecule has 7 aromatic carbocycles. The summed E-state index contributed by atoms with van der Waals surface area (Å²) in [5.41, 5.74) is 14.4. The van der Waals surface area contributed by atoms with Crippen LogP contribution < -0.4 is 15.0 Å². The van der Waals surface area contributed by atoms with Crippen LogP contribution in [0.2, 0.25) is 0 Å². The van der Waals surface area contributed by atoms with Crippen molar-refractivity contribution in [2.45, 2.75) is 18.2 Å². The molecule has 5 heteroatoms. The van der Waals surface area contributed by atoms with E-state index in [1.807, 2.05) is 18.2 Å². The van der Waals surface area contributed by atoms with Gasteiger partial charge in [-0.1, -0.05) is 164 Å². The second-order valence-corrected chi connectivity index (χ2v) is 14.5. The summed E-state index contributed by atoms with van der Waals surface area (Å²) in [5.74, 6) is 1.79. The van der Waals surface area contributed by atoms with Crippen LogP contribution in [0.1, 0.15) is 39.8 Å². The van der Waals surface area contributed by atoms with Gasteiger partial charge in [0.15, 0.2) is 12.0 Å². The summed E-state index contributed by atoms with van der Waals surface area (Å²) >= 11 is 0. The van der Waals surface area contributed by atoms with E-state index >= 15 is 0 Å². The van der Waals surface area contributed by atoms with Crippen LogP contribution in [0.5, 0.6) is 5.75 Å². The number of ether oxygens (including phenoxy) is 1. The fourth-order valence-electron chi connectivity index (χ4n) is 8.60. The Bertz CT molecular complexity index is 2800. The molecule has 0 amide bonds. The Balaban J connectivity index is 0.913. The number of amidine groups is 1. The van der Waals surface area contributed by atoms with Crippen LogP contribution in [0.25, 0.3) is 39.0 Å². The molecule has 11 rings (SSSR count). The zero-order chi connectivity index (χ0) is 37.0. The number of anilines is 2. The molecule has 56 heavy (non-hydrogen) atoms. The van der Waals surface area contributed by atoms with Crippen molar-refractivity contribution in [3.63, 3.8) is 0 Å². The Hall–Kier alpha value is -7.24. The fraction of sp³-hybridized carbons (Fsp3) is 0.0588. The van der Waals surface area contributed by atoms with Crippen molar-refractivity contribution in [1.82, 2.24) is 10.3 Å². The van der Waals surface area contributed by atoms with E-state index in [-0.39, 0.29) is 18.2 Å². The third-order valence-corrected chi connectivity index (χ3v) is 11.3. The van der Waals surface area contributed by atoms with E-state index in [9.17, 15) is 0 Å². The lowest BCUT2D eigenvalue weighted by Crippen LogP contribution is -2.32. The molecule has 0 bridgehead atoms. The molecule has 0 saturated heterocycles. The normalized spacial score (nSPS) is 17.9. The molecule has 3 unspecified atom stereocenters. The summed E-state index contributed by atoms with van der Waals surface area (Å²) in [5, 5.41) is 4.77. The van der Waals surface area contributed by atoms with Crippen molar-refractivity contribution < 1.29 is 4.74 Å². The summed E-state index contributed by atoms with van der Waals surface area (Å²) in [7, 11) is 0. The van der Waals surface area contributed by atoms with Gasteiger partial charge in [-0.15, -0.1) is 0 Å². The second-order valence-electron chi connectivity index (χ2n) is 14.5. The number of hydrogen-bond acceptors (Lipinski definition) is 5. The Kier molecular flexibility index (Phi) is 7.62. The van der Waals surface area contributed by atoms with Gasteiger partial charge < -0.3 is 15.0 Å². The first-order valence-electron chi connectivity index (χ1n) is 19.2. The third kappa shape index (κ3) is 5.39. The topological polar surface area (TPSA) is 49.8 Å². The van der Waals surface area contributed by atoms with Gasteiger partial charge in [0.25, 0.3) is 0 Å². The number of nitrogens with one attached hydrogen (secondary N) is 1. The van der Waals surface area contributed by atoms with Crippen LogP contribution in [0.3, 0.4) is 0 Å². The molecule has 5 nitrogen and oxygen atoms in total. The van der Waals surface area contributed by atoms with Crippen LogP contribution in [0.15, 0.2) is 199 Å².